The third-order valence-corrected chi connectivity index (χ3v) is 2.17. The molecule has 6 nitrogen and oxygen atoms in total. The molecule has 102 valence electrons. The standard InChI is InChI=1S/C14H12N2O4/c1-18-13-10-11(2-4-12(13)19-8-6-15)3-5-14(17)20-9-7-16/h2-5,10H,8-9H2,1H3. The molecule has 0 radical (unpaired) electrons. The second-order valence-corrected chi connectivity index (χ2v) is 3.46. The number of nitriles is 2. The highest BCUT2D eigenvalue weighted by molar-refractivity contribution is 5.87. The van der Waals surface area contributed by atoms with Crippen LogP contribution < -0.4 is 9.47 Å². The summed E-state index contributed by atoms with van der Waals surface area (Å²) in [6.07, 6.45) is 2.73. The zero-order chi connectivity index (χ0) is 14.8. The molecular weight excluding hydrogens is 260 g/mol. The fraction of sp³-hybridized carbons (Fsp3) is 0.214. The molecule has 0 aliphatic heterocycles. The van der Waals surface area contributed by atoms with Crippen LogP contribution in [0.25, 0.3) is 6.08 Å². The number of carbonyl (C=O) groups is 1. The summed E-state index contributed by atoms with van der Waals surface area (Å²) in [7, 11) is 1.48. The molecule has 0 unspecified atom stereocenters. The Labute approximate surface area is 116 Å². The van der Waals surface area contributed by atoms with Gasteiger partial charge in [0.05, 0.1) is 7.11 Å². The van der Waals surface area contributed by atoms with Crippen molar-refractivity contribution in [2.75, 3.05) is 20.3 Å². The number of rotatable bonds is 6. The molecule has 1 aromatic carbocycles. The lowest BCUT2D eigenvalue weighted by Gasteiger charge is -2.08. The van der Waals surface area contributed by atoms with E-state index in [1.165, 1.54) is 19.3 Å². The molecule has 0 bridgehead atoms. The molecule has 0 saturated heterocycles. The summed E-state index contributed by atoms with van der Waals surface area (Å²) in [4.78, 5) is 11.2. The Balaban J connectivity index is 2.78. The maximum atomic E-state index is 11.2. The first-order valence-corrected chi connectivity index (χ1v) is 5.61. The van der Waals surface area contributed by atoms with Gasteiger partial charge in [-0.2, -0.15) is 10.5 Å². The summed E-state index contributed by atoms with van der Waals surface area (Å²) in [5.41, 5.74) is 0.695. The van der Waals surface area contributed by atoms with Gasteiger partial charge in [-0.05, 0) is 23.8 Å². The van der Waals surface area contributed by atoms with Crippen LogP contribution in [-0.4, -0.2) is 26.3 Å². The van der Waals surface area contributed by atoms with E-state index in [1.54, 1.807) is 24.3 Å². The van der Waals surface area contributed by atoms with Crippen LogP contribution in [0.3, 0.4) is 0 Å². The molecule has 6 heteroatoms. The van der Waals surface area contributed by atoms with Gasteiger partial charge < -0.3 is 14.2 Å². The van der Waals surface area contributed by atoms with E-state index in [4.69, 9.17) is 20.0 Å². The highest BCUT2D eigenvalue weighted by atomic mass is 16.5. The SMILES string of the molecule is COc1cc(C=CC(=O)OCC#N)ccc1OCC#N. The van der Waals surface area contributed by atoms with E-state index in [0.717, 1.165) is 0 Å². The lowest BCUT2D eigenvalue weighted by atomic mass is 10.2. The fourth-order valence-corrected chi connectivity index (χ4v) is 1.33. The number of ether oxygens (including phenoxy) is 3. The molecule has 0 amide bonds. The van der Waals surface area contributed by atoms with Crippen molar-refractivity contribution >= 4 is 12.0 Å². The highest BCUT2D eigenvalue weighted by Crippen LogP contribution is 2.28. The first-order chi connectivity index (χ1) is 9.71. The van der Waals surface area contributed by atoms with Crippen LogP contribution in [0.2, 0.25) is 0 Å². The highest BCUT2D eigenvalue weighted by Gasteiger charge is 2.04. The molecule has 0 saturated carbocycles. The monoisotopic (exact) mass is 272 g/mol. The lowest BCUT2D eigenvalue weighted by molar-refractivity contribution is -0.136. The average Bonchev–Trinajstić information content (AvgIpc) is 2.49. The number of hydrogen-bond acceptors (Lipinski definition) is 6. The maximum absolute atomic E-state index is 11.2. The van der Waals surface area contributed by atoms with Crippen molar-refractivity contribution < 1.29 is 19.0 Å². The number of esters is 1. The van der Waals surface area contributed by atoms with Crippen molar-refractivity contribution in [1.29, 1.82) is 10.5 Å². The van der Waals surface area contributed by atoms with Crippen molar-refractivity contribution in [3.63, 3.8) is 0 Å². The largest absolute Gasteiger partial charge is 0.493 e. The van der Waals surface area contributed by atoms with Crippen LogP contribution in [0.15, 0.2) is 24.3 Å². The summed E-state index contributed by atoms with van der Waals surface area (Å²) in [6.45, 7) is -0.362. The summed E-state index contributed by atoms with van der Waals surface area (Å²) in [5.74, 6) is 0.293. The van der Waals surface area contributed by atoms with Gasteiger partial charge in [-0.1, -0.05) is 6.07 Å². The molecule has 1 rings (SSSR count). The number of benzene rings is 1. The third kappa shape index (κ3) is 4.71. The summed E-state index contributed by atoms with van der Waals surface area (Å²) in [6, 6.07) is 8.55. The smallest absolute Gasteiger partial charge is 0.331 e. The Morgan fingerprint density at radius 1 is 1.25 bits per heavy atom. The van der Waals surface area contributed by atoms with Crippen LogP contribution in [0.4, 0.5) is 0 Å². The van der Waals surface area contributed by atoms with Gasteiger partial charge in [-0.3, -0.25) is 0 Å². The number of hydrogen-bond donors (Lipinski definition) is 0. The Morgan fingerprint density at radius 3 is 2.65 bits per heavy atom. The second kappa shape index (κ2) is 8.17. The van der Waals surface area contributed by atoms with E-state index in [9.17, 15) is 4.79 Å². The molecule has 0 fully saturated rings. The first kappa shape index (κ1) is 15.1. The zero-order valence-corrected chi connectivity index (χ0v) is 10.8. The average molecular weight is 272 g/mol. The summed E-state index contributed by atoms with van der Waals surface area (Å²) < 4.78 is 14.9. The van der Waals surface area contributed by atoms with Crippen LogP contribution in [0.1, 0.15) is 5.56 Å². The van der Waals surface area contributed by atoms with Crippen molar-refractivity contribution in [3.8, 4) is 23.6 Å². The molecule has 0 spiro atoms. The van der Waals surface area contributed by atoms with Crippen LogP contribution in [0, 0.1) is 22.7 Å². The maximum Gasteiger partial charge on any atom is 0.331 e. The van der Waals surface area contributed by atoms with Crippen molar-refractivity contribution in [3.05, 3.63) is 29.8 Å². The molecular formula is C14H12N2O4. The summed E-state index contributed by atoms with van der Waals surface area (Å²) >= 11 is 0. The minimum atomic E-state index is -0.602. The van der Waals surface area contributed by atoms with Crippen molar-refractivity contribution in [2.24, 2.45) is 0 Å². The topological polar surface area (TPSA) is 92.3 Å². The van der Waals surface area contributed by atoms with Gasteiger partial charge >= 0.3 is 5.97 Å². The van der Waals surface area contributed by atoms with Gasteiger partial charge in [-0.25, -0.2) is 4.79 Å². The second-order valence-electron chi connectivity index (χ2n) is 3.46. The minimum absolute atomic E-state index is 0.0773. The van der Waals surface area contributed by atoms with Crippen molar-refractivity contribution in [1.82, 2.24) is 0 Å². The van der Waals surface area contributed by atoms with Gasteiger partial charge in [-0.15, -0.1) is 0 Å². The van der Waals surface area contributed by atoms with E-state index in [0.29, 0.717) is 17.1 Å². The molecule has 0 aromatic heterocycles. The fourth-order valence-electron chi connectivity index (χ4n) is 1.33. The first-order valence-electron chi connectivity index (χ1n) is 5.61. The number of carbonyl (C=O) groups excluding carboxylic acids is 1. The van der Waals surface area contributed by atoms with Gasteiger partial charge in [0.2, 0.25) is 0 Å². The Hall–Kier alpha value is -2.99. The minimum Gasteiger partial charge on any atom is -0.493 e. The van der Waals surface area contributed by atoms with E-state index in [2.05, 4.69) is 4.74 Å². The summed E-state index contributed by atoms with van der Waals surface area (Å²) in [5, 5.41) is 16.7. The zero-order valence-electron chi connectivity index (χ0n) is 10.8. The normalized spacial score (nSPS) is 9.55. The molecule has 0 atom stereocenters. The van der Waals surface area contributed by atoms with E-state index in [1.807, 2.05) is 6.07 Å². The van der Waals surface area contributed by atoms with E-state index >= 15 is 0 Å². The van der Waals surface area contributed by atoms with E-state index < -0.39 is 5.97 Å². The predicted octanol–water partition coefficient (Wildman–Crippen LogP) is 1.68. The van der Waals surface area contributed by atoms with Crippen molar-refractivity contribution in [2.45, 2.75) is 0 Å². The molecule has 0 aliphatic rings. The third-order valence-electron chi connectivity index (χ3n) is 2.17. The van der Waals surface area contributed by atoms with Crippen LogP contribution in [-0.2, 0) is 9.53 Å². The Bertz CT molecular complexity index is 582. The molecule has 0 aliphatic carbocycles. The van der Waals surface area contributed by atoms with Crippen LogP contribution in [0.5, 0.6) is 11.5 Å². The van der Waals surface area contributed by atoms with Gasteiger partial charge in [0.1, 0.15) is 12.1 Å². The van der Waals surface area contributed by atoms with Gasteiger partial charge in [0.25, 0.3) is 0 Å². The Morgan fingerprint density at radius 2 is 2.00 bits per heavy atom. The number of methoxy groups -OCH3 is 1. The molecule has 20 heavy (non-hydrogen) atoms. The predicted molar refractivity (Wildman–Crippen MR) is 69.7 cm³/mol. The Kier molecular flexibility index (Phi) is 6.16. The van der Waals surface area contributed by atoms with Crippen LogP contribution >= 0.6 is 0 Å². The lowest BCUT2D eigenvalue weighted by Crippen LogP contribution is -2.00. The molecule has 0 N–H and O–H groups in total. The number of nitrogens with zero attached hydrogens (tertiary/aromatic N) is 2. The molecule has 0 heterocycles. The van der Waals surface area contributed by atoms with E-state index in [-0.39, 0.29) is 13.2 Å². The van der Waals surface area contributed by atoms with Gasteiger partial charge in [0.15, 0.2) is 24.7 Å². The quantitative estimate of drug-likeness (QED) is 0.577. The molecule has 1 aromatic rings. The van der Waals surface area contributed by atoms with Gasteiger partial charge in [0, 0.05) is 6.08 Å².